The van der Waals surface area contributed by atoms with Gasteiger partial charge in [-0.15, -0.1) is 0 Å². The van der Waals surface area contributed by atoms with Crippen LogP contribution in [0.3, 0.4) is 0 Å². The molecule has 1 aromatic carbocycles. The topological polar surface area (TPSA) is 74.2 Å². The number of nitrogens with zero attached hydrogens (tertiary/aromatic N) is 1. The number of hydrogen-bond donors (Lipinski definition) is 2. The molecule has 0 fully saturated rings. The summed E-state index contributed by atoms with van der Waals surface area (Å²) in [6.45, 7) is 0.338. The molecular weight excluding hydrogens is 230 g/mol. The van der Waals surface area contributed by atoms with Gasteiger partial charge in [0.05, 0.1) is 19.6 Å². The Balaban J connectivity index is 2.45. The Morgan fingerprint density at radius 1 is 1.50 bits per heavy atom. The third-order valence-electron chi connectivity index (χ3n) is 2.14. The minimum absolute atomic E-state index is 0.295. The van der Waals surface area contributed by atoms with Crippen LogP contribution in [0.5, 0.6) is 5.75 Å². The van der Waals surface area contributed by atoms with Crippen LogP contribution in [-0.4, -0.2) is 19.7 Å². The fourth-order valence-electron chi connectivity index (χ4n) is 1.29. The summed E-state index contributed by atoms with van der Waals surface area (Å²) >= 11 is 0. The summed E-state index contributed by atoms with van der Waals surface area (Å²) in [7, 11) is 1.59. The van der Waals surface area contributed by atoms with Gasteiger partial charge in [0.15, 0.2) is 0 Å². The van der Waals surface area contributed by atoms with Gasteiger partial charge in [-0.05, 0) is 12.1 Å². The van der Waals surface area contributed by atoms with E-state index < -0.39 is 0 Å². The number of rotatable bonds is 5. The first-order valence-electron chi connectivity index (χ1n) is 5.49. The number of ether oxygens (including phenoxy) is 1. The van der Waals surface area contributed by atoms with Crippen LogP contribution < -0.4 is 15.4 Å². The fraction of sp³-hybridized carbons (Fsp3) is 0.231. The molecule has 18 heavy (non-hydrogen) atoms. The van der Waals surface area contributed by atoms with Gasteiger partial charge in [-0.2, -0.15) is 5.26 Å². The van der Waals surface area contributed by atoms with Crippen molar-refractivity contribution in [2.24, 2.45) is 0 Å². The normalized spacial score (nSPS) is 9.78. The molecular formula is C13H15N3O2. The van der Waals surface area contributed by atoms with E-state index in [1.165, 1.54) is 6.20 Å². The second kappa shape index (κ2) is 7.74. The lowest BCUT2D eigenvalue weighted by Gasteiger charge is -2.04. The molecule has 2 amide bonds. The number of carbonyl (C=O) groups is 1. The number of amides is 2. The summed E-state index contributed by atoms with van der Waals surface area (Å²) in [4.78, 5) is 11.2. The first-order valence-corrected chi connectivity index (χ1v) is 5.49. The van der Waals surface area contributed by atoms with Gasteiger partial charge in [0, 0.05) is 18.3 Å². The van der Waals surface area contributed by atoms with Crippen LogP contribution >= 0.6 is 0 Å². The van der Waals surface area contributed by atoms with E-state index in [2.05, 4.69) is 10.6 Å². The molecule has 0 saturated heterocycles. The fourth-order valence-corrected chi connectivity index (χ4v) is 1.29. The maximum atomic E-state index is 11.2. The molecule has 0 aliphatic rings. The van der Waals surface area contributed by atoms with Crippen molar-refractivity contribution in [1.29, 1.82) is 5.26 Å². The van der Waals surface area contributed by atoms with Crippen molar-refractivity contribution in [2.45, 2.75) is 6.42 Å². The molecule has 0 atom stereocenters. The van der Waals surface area contributed by atoms with E-state index in [4.69, 9.17) is 10.00 Å². The number of benzene rings is 1. The van der Waals surface area contributed by atoms with Gasteiger partial charge < -0.3 is 15.4 Å². The molecule has 0 bridgehead atoms. The SMILES string of the molecule is COc1ccccc1/C=C/NC(=O)NCCC#N. The van der Waals surface area contributed by atoms with Crippen LogP contribution in [-0.2, 0) is 0 Å². The number of hydrogen-bond acceptors (Lipinski definition) is 3. The Morgan fingerprint density at radius 2 is 2.28 bits per heavy atom. The number of urea groups is 1. The van der Waals surface area contributed by atoms with Crippen molar-refractivity contribution in [3.05, 3.63) is 36.0 Å². The molecule has 0 heterocycles. The molecule has 2 N–H and O–H groups in total. The first kappa shape index (κ1) is 13.6. The summed E-state index contributed by atoms with van der Waals surface area (Å²) in [5, 5.41) is 13.4. The number of nitriles is 1. The lowest BCUT2D eigenvalue weighted by atomic mass is 10.2. The molecule has 0 aromatic heterocycles. The van der Waals surface area contributed by atoms with Crippen LogP contribution in [0, 0.1) is 11.3 Å². The third-order valence-corrected chi connectivity index (χ3v) is 2.14. The summed E-state index contributed by atoms with van der Waals surface area (Å²) in [5.41, 5.74) is 0.873. The predicted molar refractivity (Wildman–Crippen MR) is 68.8 cm³/mol. The molecule has 0 aliphatic heterocycles. The van der Waals surface area contributed by atoms with Crippen molar-refractivity contribution in [3.8, 4) is 11.8 Å². The maximum absolute atomic E-state index is 11.2. The Labute approximate surface area is 106 Å². The molecule has 5 nitrogen and oxygen atoms in total. The molecule has 0 radical (unpaired) electrons. The standard InChI is InChI=1S/C13H15N3O2/c1-18-12-6-3-2-5-11(12)7-10-16-13(17)15-9-4-8-14/h2-3,5-7,10H,4,9H2,1H3,(H2,15,16,17)/b10-7+. The zero-order valence-electron chi connectivity index (χ0n) is 10.1. The zero-order chi connectivity index (χ0) is 13.2. The van der Waals surface area contributed by atoms with Crippen molar-refractivity contribution in [3.63, 3.8) is 0 Å². The van der Waals surface area contributed by atoms with E-state index in [1.54, 1.807) is 13.2 Å². The van der Waals surface area contributed by atoms with E-state index in [0.29, 0.717) is 13.0 Å². The van der Waals surface area contributed by atoms with Gasteiger partial charge in [-0.3, -0.25) is 0 Å². The molecule has 0 saturated carbocycles. The second-order valence-corrected chi connectivity index (χ2v) is 3.38. The Kier molecular flexibility index (Phi) is 5.84. The highest BCUT2D eigenvalue weighted by atomic mass is 16.5. The van der Waals surface area contributed by atoms with E-state index in [-0.39, 0.29) is 6.03 Å². The van der Waals surface area contributed by atoms with E-state index in [0.717, 1.165) is 11.3 Å². The van der Waals surface area contributed by atoms with Crippen LogP contribution in [0.25, 0.3) is 6.08 Å². The lowest BCUT2D eigenvalue weighted by Crippen LogP contribution is -2.32. The summed E-state index contributed by atoms with van der Waals surface area (Å²) < 4.78 is 5.17. The largest absolute Gasteiger partial charge is 0.496 e. The molecule has 0 unspecified atom stereocenters. The van der Waals surface area contributed by atoms with Gasteiger partial charge in [-0.25, -0.2) is 4.79 Å². The Morgan fingerprint density at radius 3 is 3.00 bits per heavy atom. The Bertz CT molecular complexity index is 464. The van der Waals surface area contributed by atoms with Gasteiger partial charge >= 0.3 is 6.03 Å². The minimum atomic E-state index is -0.337. The van der Waals surface area contributed by atoms with Crippen LogP contribution in [0.15, 0.2) is 30.5 Å². The molecule has 0 spiro atoms. The van der Waals surface area contributed by atoms with E-state index in [9.17, 15) is 4.79 Å². The van der Waals surface area contributed by atoms with Crippen LogP contribution in [0.4, 0.5) is 4.79 Å². The van der Waals surface area contributed by atoms with Crippen LogP contribution in [0.2, 0.25) is 0 Å². The molecule has 1 aromatic rings. The summed E-state index contributed by atoms with van der Waals surface area (Å²) in [5.74, 6) is 0.737. The summed E-state index contributed by atoms with van der Waals surface area (Å²) in [6.07, 6.45) is 3.56. The average Bonchev–Trinajstić information content (AvgIpc) is 2.39. The highest BCUT2D eigenvalue weighted by Gasteiger charge is 1.97. The van der Waals surface area contributed by atoms with Crippen molar-refractivity contribution in [1.82, 2.24) is 10.6 Å². The van der Waals surface area contributed by atoms with Crippen LogP contribution in [0.1, 0.15) is 12.0 Å². The first-order chi connectivity index (χ1) is 8.77. The number of methoxy groups -OCH3 is 1. The highest BCUT2D eigenvalue weighted by Crippen LogP contribution is 2.17. The molecule has 1 rings (SSSR count). The second-order valence-electron chi connectivity index (χ2n) is 3.38. The number of carbonyl (C=O) groups excluding carboxylic acids is 1. The van der Waals surface area contributed by atoms with Gasteiger partial charge in [-0.1, -0.05) is 18.2 Å². The molecule has 5 heteroatoms. The predicted octanol–water partition coefficient (Wildman–Crippen LogP) is 1.88. The van der Waals surface area contributed by atoms with Crippen molar-refractivity contribution < 1.29 is 9.53 Å². The number of nitrogens with one attached hydrogen (secondary N) is 2. The van der Waals surface area contributed by atoms with Gasteiger partial charge in [0.25, 0.3) is 0 Å². The molecule has 0 aliphatic carbocycles. The Hall–Kier alpha value is -2.48. The highest BCUT2D eigenvalue weighted by molar-refractivity contribution is 5.76. The minimum Gasteiger partial charge on any atom is -0.496 e. The van der Waals surface area contributed by atoms with Crippen molar-refractivity contribution >= 4 is 12.1 Å². The zero-order valence-corrected chi connectivity index (χ0v) is 10.1. The quantitative estimate of drug-likeness (QED) is 0.778. The van der Waals surface area contributed by atoms with Gasteiger partial charge in [0.1, 0.15) is 5.75 Å². The average molecular weight is 245 g/mol. The maximum Gasteiger partial charge on any atom is 0.318 e. The molecule has 94 valence electrons. The van der Waals surface area contributed by atoms with E-state index >= 15 is 0 Å². The lowest BCUT2D eigenvalue weighted by molar-refractivity contribution is 0.244. The smallest absolute Gasteiger partial charge is 0.318 e. The van der Waals surface area contributed by atoms with E-state index in [1.807, 2.05) is 30.3 Å². The number of para-hydroxylation sites is 1. The summed E-state index contributed by atoms with van der Waals surface area (Å²) in [6, 6.07) is 9.08. The third kappa shape index (κ3) is 4.58. The van der Waals surface area contributed by atoms with Crippen molar-refractivity contribution in [2.75, 3.05) is 13.7 Å². The monoisotopic (exact) mass is 245 g/mol. The van der Waals surface area contributed by atoms with Gasteiger partial charge in [0.2, 0.25) is 0 Å².